The van der Waals surface area contributed by atoms with Crippen molar-refractivity contribution in [1.29, 1.82) is 0 Å². The van der Waals surface area contributed by atoms with Crippen LogP contribution in [0, 0.1) is 0 Å². The standard InChI is InChI=1S/C27H26BrNO/c1-2-19-7-15-25(16-8-19)29-26(21-11-13-24(28)14-12-21)18-27(30)23-10-9-20-5-3-4-6-22(20)17-23/h3-17,26-27,29-30H,2,18H2,1H3. The second-order valence-electron chi connectivity index (χ2n) is 7.66. The van der Waals surface area contributed by atoms with Gasteiger partial charge in [0, 0.05) is 16.6 Å². The number of nitrogens with one attached hydrogen (secondary N) is 1. The minimum Gasteiger partial charge on any atom is -0.388 e. The highest BCUT2D eigenvalue weighted by Gasteiger charge is 2.18. The van der Waals surface area contributed by atoms with Gasteiger partial charge in [-0.25, -0.2) is 0 Å². The molecule has 152 valence electrons. The van der Waals surface area contributed by atoms with E-state index < -0.39 is 6.10 Å². The van der Waals surface area contributed by atoms with Crippen molar-refractivity contribution < 1.29 is 5.11 Å². The molecular weight excluding hydrogens is 434 g/mol. The van der Waals surface area contributed by atoms with Gasteiger partial charge in [-0.1, -0.05) is 83.5 Å². The third kappa shape index (κ3) is 4.92. The Labute approximate surface area is 186 Å². The first kappa shape index (κ1) is 20.6. The van der Waals surface area contributed by atoms with E-state index in [2.05, 4.69) is 88.8 Å². The summed E-state index contributed by atoms with van der Waals surface area (Å²) >= 11 is 3.52. The van der Waals surface area contributed by atoms with Gasteiger partial charge < -0.3 is 10.4 Å². The number of benzene rings is 4. The molecule has 4 aromatic rings. The van der Waals surface area contributed by atoms with Crippen LogP contribution in [-0.4, -0.2) is 5.11 Å². The van der Waals surface area contributed by atoms with Crippen molar-refractivity contribution in [1.82, 2.24) is 0 Å². The second kappa shape index (κ2) is 9.46. The monoisotopic (exact) mass is 459 g/mol. The average molecular weight is 460 g/mol. The van der Waals surface area contributed by atoms with Crippen LogP contribution >= 0.6 is 15.9 Å². The number of fused-ring (bicyclic) bond motifs is 1. The molecule has 0 aliphatic heterocycles. The summed E-state index contributed by atoms with van der Waals surface area (Å²) in [7, 11) is 0. The van der Waals surface area contributed by atoms with Gasteiger partial charge in [-0.2, -0.15) is 0 Å². The second-order valence-corrected chi connectivity index (χ2v) is 8.57. The minimum absolute atomic E-state index is 0.00736. The lowest BCUT2D eigenvalue weighted by Crippen LogP contribution is -2.15. The van der Waals surface area contributed by atoms with Gasteiger partial charge in [-0.15, -0.1) is 0 Å². The van der Waals surface area contributed by atoms with Crippen molar-refractivity contribution in [3.63, 3.8) is 0 Å². The van der Waals surface area contributed by atoms with Crippen molar-refractivity contribution in [2.45, 2.75) is 31.9 Å². The highest BCUT2D eigenvalue weighted by atomic mass is 79.9. The van der Waals surface area contributed by atoms with Crippen molar-refractivity contribution >= 4 is 32.4 Å². The van der Waals surface area contributed by atoms with Crippen LogP contribution in [0.2, 0.25) is 0 Å². The van der Waals surface area contributed by atoms with Gasteiger partial charge in [-0.3, -0.25) is 0 Å². The van der Waals surface area contributed by atoms with Gasteiger partial charge in [0.25, 0.3) is 0 Å². The molecule has 2 N–H and O–H groups in total. The Morgan fingerprint density at radius 2 is 1.47 bits per heavy atom. The van der Waals surface area contributed by atoms with Crippen LogP contribution in [-0.2, 0) is 6.42 Å². The van der Waals surface area contributed by atoms with E-state index in [1.807, 2.05) is 30.3 Å². The number of halogens is 1. The fourth-order valence-electron chi connectivity index (χ4n) is 3.79. The van der Waals surface area contributed by atoms with Crippen LogP contribution in [0.5, 0.6) is 0 Å². The Morgan fingerprint density at radius 1 is 0.800 bits per heavy atom. The van der Waals surface area contributed by atoms with E-state index in [-0.39, 0.29) is 6.04 Å². The summed E-state index contributed by atoms with van der Waals surface area (Å²) in [6, 6.07) is 31.3. The lowest BCUT2D eigenvalue weighted by Gasteiger charge is -2.24. The number of rotatable bonds is 7. The lowest BCUT2D eigenvalue weighted by atomic mass is 9.95. The topological polar surface area (TPSA) is 32.3 Å². The molecule has 0 aliphatic rings. The molecule has 2 unspecified atom stereocenters. The summed E-state index contributed by atoms with van der Waals surface area (Å²) in [5.41, 5.74) is 4.47. The summed E-state index contributed by atoms with van der Waals surface area (Å²) < 4.78 is 1.05. The summed E-state index contributed by atoms with van der Waals surface area (Å²) in [6.45, 7) is 2.16. The van der Waals surface area contributed by atoms with Crippen LogP contribution in [0.15, 0.2) is 95.5 Å². The Bertz CT molecular complexity index is 1110. The van der Waals surface area contributed by atoms with Crippen molar-refractivity contribution in [2.75, 3.05) is 5.32 Å². The zero-order chi connectivity index (χ0) is 20.9. The molecule has 4 aromatic carbocycles. The Kier molecular flexibility index (Phi) is 6.51. The van der Waals surface area contributed by atoms with Crippen LogP contribution in [0.1, 0.15) is 42.2 Å². The molecule has 0 heterocycles. The van der Waals surface area contributed by atoms with Crippen LogP contribution < -0.4 is 5.32 Å². The number of aryl methyl sites for hydroxylation is 1. The highest BCUT2D eigenvalue weighted by Crippen LogP contribution is 2.32. The lowest BCUT2D eigenvalue weighted by molar-refractivity contribution is 0.161. The van der Waals surface area contributed by atoms with Crippen molar-refractivity contribution in [3.05, 3.63) is 112 Å². The first-order chi connectivity index (χ1) is 14.6. The van der Waals surface area contributed by atoms with Crippen LogP contribution in [0.3, 0.4) is 0 Å². The number of hydrogen-bond donors (Lipinski definition) is 2. The van der Waals surface area contributed by atoms with Gasteiger partial charge in [0.2, 0.25) is 0 Å². The quantitative estimate of drug-likeness (QED) is 0.300. The van der Waals surface area contributed by atoms with Gasteiger partial charge in [-0.05, 0) is 64.2 Å². The van der Waals surface area contributed by atoms with E-state index in [0.29, 0.717) is 6.42 Å². The molecule has 0 bridgehead atoms. The number of anilines is 1. The Balaban J connectivity index is 1.59. The Morgan fingerprint density at radius 3 is 2.17 bits per heavy atom. The van der Waals surface area contributed by atoms with E-state index in [1.165, 1.54) is 10.9 Å². The van der Waals surface area contributed by atoms with Crippen LogP contribution in [0.25, 0.3) is 10.8 Å². The van der Waals surface area contributed by atoms with Gasteiger partial charge in [0.05, 0.1) is 12.1 Å². The summed E-state index contributed by atoms with van der Waals surface area (Å²) in [5, 5.41) is 17.0. The summed E-state index contributed by atoms with van der Waals surface area (Å²) in [6.07, 6.45) is 1.04. The molecule has 0 amide bonds. The van der Waals surface area contributed by atoms with Crippen molar-refractivity contribution in [3.8, 4) is 0 Å². The first-order valence-electron chi connectivity index (χ1n) is 10.4. The molecule has 30 heavy (non-hydrogen) atoms. The third-order valence-electron chi connectivity index (χ3n) is 5.59. The van der Waals surface area contributed by atoms with E-state index in [1.54, 1.807) is 0 Å². The molecule has 0 saturated heterocycles. The summed E-state index contributed by atoms with van der Waals surface area (Å²) in [4.78, 5) is 0. The zero-order valence-corrected chi connectivity index (χ0v) is 18.6. The largest absolute Gasteiger partial charge is 0.388 e. The molecule has 2 atom stereocenters. The molecule has 0 aliphatic carbocycles. The number of hydrogen-bond acceptors (Lipinski definition) is 2. The normalized spacial score (nSPS) is 13.2. The van der Waals surface area contributed by atoms with Gasteiger partial charge >= 0.3 is 0 Å². The molecule has 0 aromatic heterocycles. The maximum Gasteiger partial charge on any atom is 0.0813 e. The highest BCUT2D eigenvalue weighted by molar-refractivity contribution is 9.10. The third-order valence-corrected chi connectivity index (χ3v) is 6.12. The summed E-state index contributed by atoms with van der Waals surface area (Å²) in [5.74, 6) is 0. The predicted octanol–water partition coefficient (Wildman–Crippen LogP) is 7.44. The molecule has 0 fully saturated rings. The fourth-order valence-corrected chi connectivity index (χ4v) is 4.05. The fraction of sp³-hybridized carbons (Fsp3) is 0.185. The molecule has 2 nitrogen and oxygen atoms in total. The SMILES string of the molecule is CCc1ccc(NC(CC(O)c2ccc3ccccc3c2)c2ccc(Br)cc2)cc1. The van der Waals surface area contributed by atoms with Crippen molar-refractivity contribution in [2.24, 2.45) is 0 Å². The molecule has 0 saturated carbocycles. The maximum absolute atomic E-state index is 11.1. The molecule has 0 radical (unpaired) electrons. The molecular formula is C27H26BrNO. The average Bonchev–Trinajstić information content (AvgIpc) is 2.79. The Hall–Kier alpha value is -2.62. The molecule has 4 rings (SSSR count). The zero-order valence-electron chi connectivity index (χ0n) is 17.1. The van der Waals surface area contributed by atoms with Gasteiger partial charge in [0.1, 0.15) is 0 Å². The smallest absolute Gasteiger partial charge is 0.0813 e. The number of aliphatic hydroxyl groups excluding tert-OH is 1. The van der Waals surface area contributed by atoms with E-state index in [0.717, 1.165) is 33.1 Å². The molecule has 0 spiro atoms. The van der Waals surface area contributed by atoms with E-state index in [9.17, 15) is 5.11 Å². The number of aliphatic hydroxyl groups is 1. The maximum atomic E-state index is 11.1. The van der Waals surface area contributed by atoms with Gasteiger partial charge in [0.15, 0.2) is 0 Å². The van der Waals surface area contributed by atoms with E-state index >= 15 is 0 Å². The molecule has 3 heteroatoms. The van der Waals surface area contributed by atoms with Crippen LogP contribution in [0.4, 0.5) is 5.69 Å². The predicted molar refractivity (Wildman–Crippen MR) is 130 cm³/mol. The minimum atomic E-state index is -0.564. The first-order valence-corrected chi connectivity index (χ1v) is 11.2. The van der Waals surface area contributed by atoms with E-state index in [4.69, 9.17) is 0 Å².